The van der Waals surface area contributed by atoms with E-state index in [1.54, 1.807) is 19.1 Å². The van der Waals surface area contributed by atoms with Crippen LogP contribution in [0.15, 0.2) is 12.1 Å². The summed E-state index contributed by atoms with van der Waals surface area (Å²) in [5.74, 6) is 0.238. The summed E-state index contributed by atoms with van der Waals surface area (Å²) < 4.78 is 0. The van der Waals surface area contributed by atoms with Crippen molar-refractivity contribution in [2.75, 3.05) is 11.9 Å². The van der Waals surface area contributed by atoms with Crippen LogP contribution in [-0.2, 0) is 0 Å². The Morgan fingerprint density at radius 3 is 2.56 bits per heavy atom. The lowest BCUT2D eigenvalue weighted by molar-refractivity contribution is 0.0696. The molecule has 2 N–H and O–H groups in total. The number of nitrogens with one attached hydrogen (secondary N) is 1. The van der Waals surface area contributed by atoms with Crippen LogP contribution in [0.1, 0.15) is 43.7 Å². The number of aromatic carboxylic acids is 1. The molecule has 0 fully saturated rings. The summed E-state index contributed by atoms with van der Waals surface area (Å²) in [4.78, 5) is 15.3. The van der Waals surface area contributed by atoms with Gasteiger partial charge in [-0.3, -0.25) is 0 Å². The number of carboxylic acid groups (broad SMARTS) is 1. The summed E-state index contributed by atoms with van der Waals surface area (Å²) in [5, 5.41) is 12.2. The number of aryl methyl sites for hydroxylation is 1. The van der Waals surface area contributed by atoms with Gasteiger partial charge in [0.2, 0.25) is 0 Å². The van der Waals surface area contributed by atoms with E-state index >= 15 is 0 Å². The monoisotopic (exact) mass is 250 g/mol. The molecule has 0 unspecified atom stereocenters. The predicted molar refractivity (Wildman–Crippen MR) is 73.0 cm³/mol. The summed E-state index contributed by atoms with van der Waals surface area (Å²) >= 11 is 0. The Balaban J connectivity index is 2.83. The van der Waals surface area contributed by atoms with Gasteiger partial charge in [-0.25, -0.2) is 9.78 Å². The molecule has 0 atom stereocenters. The quantitative estimate of drug-likeness (QED) is 0.842. The summed E-state index contributed by atoms with van der Waals surface area (Å²) in [6, 6.07) is 3.15. The highest BCUT2D eigenvalue weighted by Crippen LogP contribution is 2.26. The van der Waals surface area contributed by atoms with Gasteiger partial charge in [0.1, 0.15) is 5.82 Å². The van der Waals surface area contributed by atoms with E-state index in [0.29, 0.717) is 17.4 Å². The maximum absolute atomic E-state index is 11.0. The second kappa shape index (κ2) is 5.38. The number of hydrogen-bond donors (Lipinski definition) is 2. The maximum atomic E-state index is 11.0. The molecule has 1 aromatic heterocycles. The number of rotatable bonds is 5. The molecule has 100 valence electrons. The largest absolute Gasteiger partial charge is 0.478 e. The fourth-order valence-electron chi connectivity index (χ4n) is 1.41. The molecule has 0 radical (unpaired) electrons. The molecule has 18 heavy (non-hydrogen) atoms. The lowest BCUT2D eigenvalue weighted by Crippen LogP contribution is -2.28. The Kier molecular flexibility index (Phi) is 4.33. The molecule has 0 aromatic carbocycles. The molecule has 0 aliphatic rings. The van der Waals surface area contributed by atoms with Crippen LogP contribution in [0.25, 0.3) is 0 Å². The van der Waals surface area contributed by atoms with Crippen LogP contribution in [0.4, 0.5) is 5.82 Å². The highest BCUT2D eigenvalue weighted by molar-refractivity contribution is 5.88. The van der Waals surface area contributed by atoms with E-state index in [4.69, 9.17) is 5.11 Å². The Hall–Kier alpha value is -1.58. The highest BCUT2D eigenvalue weighted by atomic mass is 16.4. The molecule has 0 spiro atoms. The van der Waals surface area contributed by atoms with E-state index < -0.39 is 5.97 Å². The average Bonchev–Trinajstić information content (AvgIpc) is 2.25. The van der Waals surface area contributed by atoms with E-state index in [2.05, 4.69) is 38.0 Å². The molecule has 4 heteroatoms. The Morgan fingerprint density at radius 2 is 2.06 bits per heavy atom. The third-order valence-electron chi connectivity index (χ3n) is 3.49. The van der Waals surface area contributed by atoms with Crippen molar-refractivity contribution in [2.24, 2.45) is 11.3 Å². The number of carboxylic acids is 1. The van der Waals surface area contributed by atoms with Crippen molar-refractivity contribution in [1.29, 1.82) is 0 Å². The Morgan fingerprint density at radius 1 is 1.44 bits per heavy atom. The summed E-state index contributed by atoms with van der Waals surface area (Å²) in [6.07, 6.45) is 0. The number of hydrogen-bond acceptors (Lipinski definition) is 3. The van der Waals surface area contributed by atoms with E-state index in [-0.39, 0.29) is 11.0 Å². The van der Waals surface area contributed by atoms with Crippen molar-refractivity contribution >= 4 is 11.8 Å². The topological polar surface area (TPSA) is 62.2 Å². The van der Waals surface area contributed by atoms with Crippen molar-refractivity contribution in [1.82, 2.24) is 4.98 Å². The van der Waals surface area contributed by atoms with E-state index in [9.17, 15) is 4.79 Å². The first-order valence-corrected chi connectivity index (χ1v) is 6.18. The van der Waals surface area contributed by atoms with Crippen LogP contribution >= 0.6 is 0 Å². The Labute approximate surface area is 108 Å². The fraction of sp³-hybridized carbons (Fsp3) is 0.571. The molecule has 0 aliphatic carbocycles. The zero-order valence-electron chi connectivity index (χ0n) is 11.7. The fourth-order valence-corrected chi connectivity index (χ4v) is 1.41. The van der Waals surface area contributed by atoms with E-state index in [1.165, 1.54) is 0 Å². The second-order valence-electron chi connectivity index (χ2n) is 5.68. The van der Waals surface area contributed by atoms with Gasteiger partial charge < -0.3 is 10.4 Å². The van der Waals surface area contributed by atoms with Gasteiger partial charge in [0.15, 0.2) is 0 Å². The van der Waals surface area contributed by atoms with Gasteiger partial charge in [0, 0.05) is 12.2 Å². The van der Waals surface area contributed by atoms with Gasteiger partial charge in [-0.05, 0) is 30.4 Å². The lowest BCUT2D eigenvalue weighted by Gasteiger charge is -2.29. The molecule has 1 rings (SSSR count). The molecular weight excluding hydrogens is 228 g/mol. The summed E-state index contributed by atoms with van der Waals surface area (Å²) in [6.45, 7) is 11.3. The van der Waals surface area contributed by atoms with Gasteiger partial charge in [-0.15, -0.1) is 0 Å². The molecule has 4 nitrogen and oxygen atoms in total. The van der Waals surface area contributed by atoms with Crippen molar-refractivity contribution in [3.63, 3.8) is 0 Å². The molecule has 0 saturated heterocycles. The SMILES string of the molecule is Cc1cc(C(=O)O)cc(NCC(C)(C)C(C)C)n1. The molecule has 1 heterocycles. The third-order valence-corrected chi connectivity index (χ3v) is 3.49. The van der Waals surface area contributed by atoms with Crippen LogP contribution in [0, 0.1) is 18.3 Å². The zero-order valence-corrected chi connectivity index (χ0v) is 11.7. The first-order valence-electron chi connectivity index (χ1n) is 6.18. The van der Waals surface area contributed by atoms with Gasteiger partial charge in [0.25, 0.3) is 0 Å². The molecule has 0 saturated carbocycles. The average molecular weight is 250 g/mol. The van der Waals surface area contributed by atoms with Gasteiger partial charge in [-0.1, -0.05) is 27.7 Å². The number of anilines is 1. The van der Waals surface area contributed by atoms with Crippen LogP contribution in [0.5, 0.6) is 0 Å². The highest BCUT2D eigenvalue weighted by Gasteiger charge is 2.22. The van der Waals surface area contributed by atoms with Crippen LogP contribution in [0.3, 0.4) is 0 Å². The molecule has 0 aliphatic heterocycles. The smallest absolute Gasteiger partial charge is 0.335 e. The minimum atomic E-state index is -0.924. The number of nitrogens with zero attached hydrogens (tertiary/aromatic N) is 1. The zero-order chi connectivity index (χ0) is 13.9. The first-order chi connectivity index (χ1) is 8.22. The van der Waals surface area contributed by atoms with E-state index in [1.807, 2.05) is 0 Å². The van der Waals surface area contributed by atoms with Gasteiger partial charge in [0.05, 0.1) is 5.56 Å². The van der Waals surface area contributed by atoms with Crippen molar-refractivity contribution in [2.45, 2.75) is 34.6 Å². The van der Waals surface area contributed by atoms with Crippen molar-refractivity contribution in [3.05, 3.63) is 23.4 Å². The molecule has 0 bridgehead atoms. The van der Waals surface area contributed by atoms with Gasteiger partial charge >= 0.3 is 5.97 Å². The maximum Gasteiger partial charge on any atom is 0.335 e. The summed E-state index contributed by atoms with van der Waals surface area (Å²) in [7, 11) is 0. The number of aromatic nitrogens is 1. The Bertz CT molecular complexity index is 439. The lowest BCUT2D eigenvalue weighted by atomic mass is 9.81. The minimum Gasteiger partial charge on any atom is -0.478 e. The number of carbonyl (C=O) groups is 1. The second-order valence-corrected chi connectivity index (χ2v) is 5.68. The first kappa shape index (κ1) is 14.5. The molecule has 1 aromatic rings. The van der Waals surface area contributed by atoms with E-state index in [0.717, 1.165) is 6.54 Å². The molecule has 0 amide bonds. The van der Waals surface area contributed by atoms with Crippen molar-refractivity contribution in [3.8, 4) is 0 Å². The molecular formula is C14H22N2O2. The van der Waals surface area contributed by atoms with Gasteiger partial charge in [-0.2, -0.15) is 0 Å². The standard InChI is InChI=1S/C14H22N2O2/c1-9(2)14(4,5)8-15-12-7-11(13(17)18)6-10(3)16-12/h6-7,9H,8H2,1-5H3,(H,15,16)(H,17,18). The van der Waals surface area contributed by atoms with Crippen LogP contribution in [0.2, 0.25) is 0 Å². The predicted octanol–water partition coefficient (Wildman–Crippen LogP) is 3.18. The third kappa shape index (κ3) is 3.72. The minimum absolute atomic E-state index is 0.134. The summed E-state index contributed by atoms with van der Waals surface area (Å²) in [5.41, 5.74) is 1.11. The normalized spacial score (nSPS) is 11.7. The van der Waals surface area contributed by atoms with Crippen molar-refractivity contribution < 1.29 is 9.90 Å². The number of pyridine rings is 1. The van der Waals surface area contributed by atoms with Crippen LogP contribution < -0.4 is 5.32 Å². The van der Waals surface area contributed by atoms with Crippen LogP contribution in [-0.4, -0.2) is 22.6 Å².